The zero-order valence-corrected chi connectivity index (χ0v) is 11.6. The van der Waals surface area contributed by atoms with Gasteiger partial charge in [0.2, 0.25) is 0 Å². The van der Waals surface area contributed by atoms with Crippen molar-refractivity contribution in [2.75, 3.05) is 0 Å². The van der Waals surface area contributed by atoms with Crippen molar-refractivity contribution in [2.24, 2.45) is 11.8 Å². The largest absolute Gasteiger partial charge is 0.349 e. The summed E-state index contributed by atoms with van der Waals surface area (Å²) >= 11 is 5.74. The normalized spacial score (nSPS) is 27.6. The number of hydrogen-bond acceptors (Lipinski definition) is 3. The molecule has 0 unspecified atom stereocenters. The third kappa shape index (κ3) is 2.38. The topological polar surface area (TPSA) is 72.2 Å². The molecule has 2 aliphatic rings. The number of nitro benzene ring substituents is 1. The molecule has 1 aromatic rings. The minimum Gasteiger partial charge on any atom is -0.349 e. The second kappa shape index (κ2) is 5.05. The van der Waals surface area contributed by atoms with Gasteiger partial charge in [0.25, 0.3) is 11.6 Å². The van der Waals surface area contributed by atoms with E-state index in [9.17, 15) is 14.9 Å². The molecule has 0 heterocycles. The van der Waals surface area contributed by atoms with Crippen LogP contribution in [0.15, 0.2) is 18.2 Å². The molecule has 1 N–H and O–H groups in total. The Morgan fingerprint density at radius 1 is 1.35 bits per heavy atom. The molecule has 2 fully saturated rings. The van der Waals surface area contributed by atoms with Crippen LogP contribution in [0.3, 0.4) is 0 Å². The Morgan fingerprint density at radius 2 is 2.15 bits per heavy atom. The van der Waals surface area contributed by atoms with Crippen molar-refractivity contribution >= 4 is 23.2 Å². The van der Waals surface area contributed by atoms with Gasteiger partial charge >= 0.3 is 0 Å². The van der Waals surface area contributed by atoms with E-state index in [-0.39, 0.29) is 22.7 Å². The zero-order chi connectivity index (χ0) is 14.3. The Hall–Kier alpha value is -1.62. The lowest BCUT2D eigenvalue weighted by molar-refractivity contribution is -0.384. The smallest absolute Gasteiger partial charge is 0.288 e. The molecule has 0 radical (unpaired) electrons. The van der Waals surface area contributed by atoms with Gasteiger partial charge in [0, 0.05) is 17.7 Å². The number of carbonyl (C=O) groups is 1. The minimum atomic E-state index is -0.573. The number of nitrogens with one attached hydrogen (secondary N) is 1. The first kappa shape index (κ1) is 13.4. The Kier molecular flexibility index (Phi) is 3.38. The minimum absolute atomic E-state index is 0.0477. The molecule has 0 spiro atoms. The SMILES string of the molecule is O=C(N[C@H]1C[C@@H]2CC[C@H]1C2)c1ccc(Cl)c([N+](=O)[O-])c1. The lowest BCUT2D eigenvalue weighted by Crippen LogP contribution is -2.38. The van der Waals surface area contributed by atoms with E-state index in [1.807, 2.05) is 0 Å². The fraction of sp³-hybridized carbons (Fsp3) is 0.500. The van der Waals surface area contributed by atoms with E-state index in [1.54, 1.807) is 0 Å². The van der Waals surface area contributed by atoms with Crippen molar-refractivity contribution in [3.05, 3.63) is 38.9 Å². The van der Waals surface area contributed by atoms with Gasteiger partial charge in [-0.05, 0) is 43.2 Å². The Bertz CT molecular complexity index is 576. The number of benzene rings is 1. The highest BCUT2D eigenvalue weighted by Crippen LogP contribution is 2.44. The molecule has 2 saturated carbocycles. The maximum atomic E-state index is 12.2. The molecule has 1 amide bonds. The summed E-state index contributed by atoms with van der Waals surface area (Å²) in [6, 6.07) is 4.38. The van der Waals surface area contributed by atoms with Crippen molar-refractivity contribution in [3.63, 3.8) is 0 Å². The van der Waals surface area contributed by atoms with Crippen LogP contribution in [0.2, 0.25) is 5.02 Å². The standard InChI is InChI=1S/C14H15ClN2O3/c15-11-4-3-10(7-13(11)17(19)20)14(18)16-12-6-8-1-2-9(12)5-8/h3-4,7-9,12H,1-2,5-6H2,(H,16,18)/t8-,9+,12+/m1/s1. The molecule has 2 aliphatic carbocycles. The molecular weight excluding hydrogens is 280 g/mol. The van der Waals surface area contributed by atoms with E-state index in [0.717, 1.165) is 12.3 Å². The number of halogens is 1. The molecule has 1 aromatic carbocycles. The summed E-state index contributed by atoms with van der Waals surface area (Å²) in [7, 11) is 0. The van der Waals surface area contributed by atoms with E-state index in [2.05, 4.69) is 5.32 Å². The van der Waals surface area contributed by atoms with Gasteiger partial charge in [-0.25, -0.2) is 0 Å². The summed E-state index contributed by atoms with van der Waals surface area (Å²) in [6.07, 6.45) is 4.68. The average Bonchev–Trinajstić information content (AvgIpc) is 3.01. The monoisotopic (exact) mass is 294 g/mol. The highest BCUT2D eigenvalue weighted by Gasteiger charge is 2.40. The van der Waals surface area contributed by atoms with Crippen molar-refractivity contribution in [2.45, 2.75) is 31.7 Å². The number of fused-ring (bicyclic) bond motifs is 2. The maximum Gasteiger partial charge on any atom is 0.288 e. The molecule has 2 bridgehead atoms. The maximum absolute atomic E-state index is 12.2. The van der Waals surface area contributed by atoms with Crippen LogP contribution in [-0.2, 0) is 0 Å². The predicted molar refractivity (Wildman–Crippen MR) is 74.8 cm³/mol. The second-order valence-electron chi connectivity index (χ2n) is 5.68. The Morgan fingerprint density at radius 3 is 2.75 bits per heavy atom. The van der Waals surface area contributed by atoms with Gasteiger partial charge in [-0.1, -0.05) is 18.0 Å². The van der Waals surface area contributed by atoms with Crippen LogP contribution >= 0.6 is 11.6 Å². The van der Waals surface area contributed by atoms with Crippen molar-refractivity contribution < 1.29 is 9.72 Å². The van der Waals surface area contributed by atoms with Gasteiger partial charge in [-0.2, -0.15) is 0 Å². The van der Waals surface area contributed by atoms with Crippen LogP contribution < -0.4 is 5.32 Å². The fourth-order valence-corrected chi connectivity index (χ4v) is 3.65. The van der Waals surface area contributed by atoms with Gasteiger partial charge in [0.1, 0.15) is 5.02 Å². The summed E-state index contributed by atoms with van der Waals surface area (Å²) in [5.41, 5.74) is 0.0659. The zero-order valence-electron chi connectivity index (χ0n) is 10.8. The summed E-state index contributed by atoms with van der Waals surface area (Å²) in [5.74, 6) is 1.07. The van der Waals surface area contributed by atoms with Crippen LogP contribution in [0.25, 0.3) is 0 Å². The van der Waals surface area contributed by atoms with E-state index < -0.39 is 4.92 Å². The predicted octanol–water partition coefficient (Wildman–Crippen LogP) is 3.17. The second-order valence-corrected chi connectivity index (χ2v) is 6.09. The van der Waals surface area contributed by atoms with Gasteiger partial charge in [0.05, 0.1) is 4.92 Å². The number of carbonyl (C=O) groups excluding carboxylic acids is 1. The number of hydrogen-bond donors (Lipinski definition) is 1. The molecule has 0 saturated heterocycles. The summed E-state index contributed by atoms with van der Waals surface area (Å²) in [5, 5.41) is 13.9. The molecular formula is C14H15ClN2O3. The lowest BCUT2D eigenvalue weighted by Gasteiger charge is -2.22. The van der Waals surface area contributed by atoms with Gasteiger partial charge < -0.3 is 5.32 Å². The number of rotatable bonds is 3. The first-order valence-electron chi connectivity index (χ1n) is 6.79. The summed E-state index contributed by atoms with van der Waals surface area (Å²) in [4.78, 5) is 22.4. The highest BCUT2D eigenvalue weighted by atomic mass is 35.5. The lowest BCUT2D eigenvalue weighted by atomic mass is 9.95. The molecule has 20 heavy (non-hydrogen) atoms. The molecule has 0 aromatic heterocycles. The van der Waals surface area contributed by atoms with Crippen LogP contribution in [0.5, 0.6) is 0 Å². The highest BCUT2D eigenvalue weighted by molar-refractivity contribution is 6.32. The molecule has 5 nitrogen and oxygen atoms in total. The van der Waals surface area contributed by atoms with Gasteiger partial charge in [0.15, 0.2) is 0 Å². The Balaban J connectivity index is 1.74. The quantitative estimate of drug-likeness (QED) is 0.687. The van der Waals surface area contributed by atoms with Crippen molar-refractivity contribution in [3.8, 4) is 0 Å². The molecule has 3 rings (SSSR count). The Labute approximate surface area is 121 Å². The molecule has 0 aliphatic heterocycles. The third-order valence-electron chi connectivity index (χ3n) is 4.46. The number of nitrogens with zero attached hydrogens (tertiary/aromatic N) is 1. The fourth-order valence-electron chi connectivity index (χ4n) is 3.47. The van der Waals surface area contributed by atoms with Gasteiger partial charge in [-0.3, -0.25) is 14.9 Å². The average molecular weight is 295 g/mol. The first-order chi connectivity index (χ1) is 9.54. The van der Waals surface area contributed by atoms with Crippen molar-refractivity contribution in [1.82, 2.24) is 5.32 Å². The third-order valence-corrected chi connectivity index (χ3v) is 4.78. The molecule has 3 atom stereocenters. The van der Waals surface area contributed by atoms with Crippen molar-refractivity contribution in [1.29, 1.82) is 0 Å². The van der Waals surface area contributed by atoms with E-state index in [0.29, 0.717) is 11.5 Å². The molecule has 106 valence electrons. The van der Waals surface area contributed by atoms with Crippen LogP contribution in [0, 0.1) is 22.0 Å². The van der Waals surface area contributed by atoms with E-state index in [1.165, 1.54) is 37.5 Å². The molecule has 6 heteroatoms. The van der Waals surface area contributed by atoms with Gasteiger partial charge in [-0.15, -0.1) is 0 Å². The van der Waals surface area contributed by atoms with E-state index >= 15 is 0 Å². The number of nitro groups is 1. The summed E-state index contributed by atoms with van der Waals surface area (Å²) < 4.78 is 0. The van der Waals surface area contributed by atoms with Crippen LogP contribution in [0.1, 0.15) is 36.0 Å². The number of amides is 1. The van der Waals surface area contributed by atoms with Crippen LogP contribution in [-0.4, -0.2) is 16.9 Å². The van der Waals surface area contributed by atoms with E-state index in [4.69, 9.17) is 11.6 Å². The van der Waals surface area contributed by atoms with Crippen LogP contribution in [0.4, 0.5) is 5.69 Å². The first-order valence-corrected chi connectivity index (χ1v) is 7.17. The summed E-state index contributed by atoms with van der Waals surface area (Å²) in [6.45, 7) is 0.